The number of aromatic nitrogens is 2. The summed E-state index contributed by atoms with van der Waals surface area (Å²) in [7, 11) is 0. The summed E-state index contributed by atoms with van der Waals surface area (Å²) in [5.74, 6) is -0.655. The van der Waals surface area contributed by atoms with E-state index in [4.69, 9.17) is 4.74 Å². The van der Waals surface area contributed by atoms with Crippen LogP contribution in [-0.2, 0) is 14.3 Å². The molecule has 2 aromatic rings. The lowest BCUT2D eigenvalue weighted by Gasteiger charge is -2.27. The Hall–Kier alpha value is -3.20. The number of ether oxygens (including phenoxy) is 1. The van der Waals surface area contributed by atoms with Gasteiger partial charge in [0, 0.05) is 30.4 Å². The van der Waals surface area contributed by atoms with Crippen LogP contribution < -0.4 is 10.6 Å². The standard InChI is InChI=1S/C22H27N5O4/c1-14-3-6-17(13-18(14)22(30)26-9-11-31-12-10-26)24-20(28)21(29)25-19-7-8-23-27(19)15(2)16-4-5-16/h3,6-8,13,15-16H,4-5,9-12H2,1-2H3,(H,24,28)(H,25,29)/t15-/m0/s1. The first kappa shape index (κ1) is 21.0. The zero-order valence-corrected chi connectivity index (χ0v) is 17.8. The second-order valence-electron chi connectivity index (χ2n) is 8.08. The molecular formula is C22H27N5O4. The van der Waals surface area contributed by atoms with Gasteiger partial charge in [0.15, 0.2) is 0 Å². The van der Waals surface area contributed by atoms with Gasteiger partial charge in [0.05, 0.1) is 25.5 Å². The molecule has 2 heterocycles. The molecule has 9 heteroatoms. The van der Waals surface area contributed by atoms with Crippen molar-refractivity contribution in [1.29, 1.82) is 0 Å². The Balaban J connectivity index is 1.42. The molecule has 2 N–H and O–H groups in total. The highest BCUT2D eigenvalue weighted by Crippen LogP contribution is 2.40. The van der Waals surface area contributed by atoms with Crippen LogP contribution in [0.5, 0.6) is 0 Å². The highest BCUT2D eigenvalue weighted by Gasteiger charge is 2.31. The van der Waals surface area contributed by atoms with Gasteiger partial charge < -0.3 is 20.3 Å². The predicted molar refractivity (Wildman–Crippen MR) is 115 cm³/mol. The molecule has 0 spiro atoms. The van der Waals surface area contributed by atoms with Crippen LogP contribution in [0.2, 0.25) is 0 Å². The van der Waals surface area contributed by atoms with E-state index >= 15 is 0 Å². The highest BCUT2D eigenvalue weighted by molar-refractivity contribution is 6.43. The molecule has 1 aromatic heterocycles. The van der Waals surface area contributed by atoms with Crippen molar-refractivity contribution in [1.82, 2.24) is 14.7 Å². The van der Waals surface area contributed by atoms with Crippen molar-refractivity contribution in [3.05, 3.63) is 41.6 Å². The number of nitrogens with one attached hydrogen (secondary N) is 2. The average Bonchev–Trinajstić information content (AvgIpc) is 3.53. The Morgan fingerprint density at radius 1 is 1.10 bits per heavy atom. The van der Waals surface area contributed by atoms with Gasteiger partial charge in [-0.25, -0.2) is 4.68 Å². The molecule has 1 aliphatic carbocycles. The van der Waals surface area contributed by atoms with Crippen LogP contribution in [0.3, 0.4) is 0 Å². The van der Waals surface area contributed by atoms with Crippen LogP contribution in [0.15, 0.2) is 30.5 Å². The number of hydrogen-bond donors (Lipinski definition) is 2. The lowest BCUT2D eigenvalue weighted by molar-refractivity contribution is -0.133. The third-order valence-electron chi connectivity index (χ3n) is 5.83. The molecule has 0 bridgehead atoms. The zero-order valence-electron chi connectivity index (χ0n) is 17.8. The predicted octanol–water partition coefficient (Wildman–Crippen LogP) is 2.21. The summed E-state index contributed by atoms with van der Waals surface area (Å²) in [6.45, 7) is 5.98. The zero-order chi connectivity index (χ0) is 22.0. The minimum atomic E-state index is -0.805. The first-order chi connectivity index (χ1) is 14.9. The van der Waals surface area contributed by atoms with E-state index in [-0.39, 0.29) is 11.9 Å². The van der Waals surface area contributed by atoms with Crippen molar-refractivity contribution < 1.29 is 19.1 Å². The Kier molecular flexibility index (Phi) is 6.03. The number of benzene rings is 1. The SMILES string of the molecule is Cc1ccc(NC(=O)C(=O)Nc2ccnn2[C@@H](C)C2CC2)cc1C(=O)N1CCOCC1. The lowest BCUT2D eigenvalue weighted by Crippen LogP contribution is -2.41. The van der Waals surface area contributed by atoms with Gasteiger partial charge in [0.25, 0.3) is 5.91 Å². The van der Waals surface area contributed by atoms with Gasteiger partial charge in [-0.05, 0) is 50.3 Å². The molecule has 2 fully saturated rings. The average molecular weight is 425 g/mol. The number of aryl methyl sites for hydroxylation is 1. The molecule has 3 amide bonds. The molecule has 1 aliphatic heterocycles. The first-order valence-corrected chi connectivity index (χ1v) is 10.6. The van der Waals surface area contributed by atoms with E-state index in [9.17, 15) is 14.4 Å². The van der Waals surface area contributed by atoms with Gasteiger partial charge in [-0.15, -0.1) is 0 Å². The van der Waals surface area contributed by atoms with E-state index in [0.29, 0.717) is 49.3 Å². The molecule has 1 saturated carbocycles. The van der Waals surface area contributed by atoms with Crippen LogP contribution in [0.25, 0.3) is 0 Å². The van der Waals surface area contributed by atoms with Crippen molar-refractivity contribution in [3.8, 4) is 0 Å². The van der Waals surface area contributed by atoms with E-state index in [1.807, 2.05) is 6.92 Å². The maximum Gasteiger partial charge on any atom is 0.315 e. The molecule has 1 saturated heterocycles. The minimum absolute atomic E-state index is 0.112. The van der Waals surface area contributed by atoms with Crippen molar-refractivity contribution >= 4 is 29.2 Å². The van der Waals surface area contributed by atoms with Gasteiger partial charge in [-0.2, -0.15) is 5.10 Å². The third kappa shape index (κ3) is 4.77. The van der Waals surface area contributed by atoms with Crippen molar-refractivity contribution in [3.63, 3.8) is 0 Å². The Morgan fingerprint density at radius 3 is 2.52 bits per heavy atom. The second-order valence-corrected chi connectivity index (χ2v) is 8.08. The van der Waals surface area contributed by atoms with E-state index in [2.05, 4.69) is 22.7 Å². The molecule has 1 aromatic carbocycles. The van der Waals surface area contributed by atoms with Crippen molar-refractivity contribution in [2.75, 3.05) is 36.9 Å². The fraction of sp³-hybridized carbons (Fsp3) is 0.455. The molecule has 4 rings (SSSR count). The molecule has 1 atom stereocenters. The number of rotatable bonds is 5. The van der Waals surface area contributed by atoms with Gasteiger partial charge in [0.1, 0.15) is 5.82 Å². The van der Waals surface area contributed by atoms with Crippen LogP contribution in [0, 0.1) is 12.8 Å². The van der Waals surface area contributed by atoms with Crippen LogP contribution in [-0.4, -0.2) is 58.7 Å². The summed E-state index contributed by atoms with van der Waals surface area (Å²) in [5, 5.41) is 9.50. The van der Waals surface area contributed by atoms with Crippen LogP contribution >= 0.6 is 0 Å². The van der Waals surface area contributed by atoms with Crippen molar-refractivity contribution in [2.24, 2.45) is 5.92 Å². The van der Waals surface area contributed by atoms with Gasteiger partial charge in [0.2, 0.25) is 0 Å². The van der Waals surface area contributed by atoms with Crippen LogP contribution in [0.4, 0.5) is 11.5 Å². The van der Waals surface area contributed by atoms with Crippen LogP contribution in [0.1, 0.15) is 41.7 Å². The summed E-state index contributed by atoms with van der Waals surface area (Å²) in [6, 6.07) is 6.88. The normalized spacial score (nSPS) is 17.2. The quantitative estimate of drug-likeness (QED) is 0.715. The number of carbonyl (C=O) groups is 3. The Morgan fingerprint density at radius 2 is 1.81 bits per heavy atom. The van der Waals surface area contributed by atoms with Gasteiger partial charge >= 0.3 is 11.8 Å². The number of nitrogens with zero attached hydrogens (tertiary/aromatic N) is 3. The second kappa shape index (κ2) is 8.89. The minimum Gasteiger partial charge on any atom is -0.378 e. The summed E-state index contributed by atoms with van der Waals surface area (Å²) < 4.78 is 7.04. The first-order valence-electron chi connectivity index (χ1n) is 10.6. The molecule has 9 nitrogen and oxygen atoms in total. The number of carbonyl (C=O) groups excluding carboxylic acids is 3. The number of amides is 3. The number of morpholine rings is 1. The third-order valence-corrected chi connectivity index (χ3v) is 5.83. The van der Waals surface area contributed by atoms with Gasteiger partial charge in [-0.3, -0.25) is 14.4 Å². The van der Waals surface area contributed by atoms with Crippen molar-refractivity contribution in [2.45, 2.75) is 32.7 Å². The summed E-state index contributed by atoms with van der Waals surface area (Å²) in [5.41, 5.74) is 1.69. The maximum atomic E-state index is 12.8. The molecule has 0 radical (unpaired) electrons. The van der Waals surface area contributed by atoms with E-state index in [1.165, 1.54) is 0 Å². The lowest BCUT2D eigenvalue weighted by atomic mass is 10.1. The Bertz CT molecular complexity index is 992. The summed E-state index contributed by atoms with van der Waals surface area (Å²) >= 11 is 0. The highest BCUT2D eigenvalue weighted by atomic mass is 16.5. The smallest absolute Gasteiger partial charge is 0.315 e. The molecule has 2 aliphatic rings. The monoisotopic (exact) mass is 425 g/mol. The summed E-state index contributed by atoms with van der Waals surface area (Å²) in [4.78, 5) is 39.5. The number of anilines is 2. The topological polar surface area (TPSA) is 106 Å². The number of hydrogen-bond acceptors (Lipinski definition) is 5. The molecule has 0 unspecified atom stereocenters. The molecule has 164 valence electrons. The summed E-state index contributed by atoms with van der Waals surface area (Å²) in [6.07, 6.45) is 3.90. The molecule has 31 heavy (non-hydrogen) atoms. The fourth-order valence-corrected chi connectivity index (χ4v) is 3.74. The Labute approximate surface area is 180 Å². The largest absolute Gasteiger partial charge is 0.378 e. The maximum absolute atomic E-state index is 12.8. The van der Waals surface area contributed by atoms with E-state index < -0.39 is 11.8 Å². The fourth-order valence-electron chi connectivity index (χ4n) is 3.74. The van der Waals surface area contributed by atoms with E-state index in [1.54, 1.807) is 40.0 Å². The van der Waals surface area contributed by atoms with E-state index in [0.717, 1.165) is 18.4 Å². The molecular weight excluding hydrogens is 398 g/mol. The van der Waals surface area contributed by atoms with Gasteiger partial charge in [-0.1, -0.05) is 6.07 Å².